The number of aliphatic hydroxyl groups excluding tert-OH is 1. The number of amides is 1. The fraction of sp³-hybridized carbons (Fsp3) is 0.500. The summed E-state index contributed by atoms with van der Waals surface area (Å²) < 4.78 is 26.4. The van der Waals surface area contributed by atoms with Crippen LogP contribution in [-0.4, -0.2) is 51.7 Å². The topological polar surface area (TPSA) is 108 Å². The van der Waals surface area contributed by atoms with Crippen LogP contribution in [0.1, 0.15) is 6.42 Å². The summed E-state index contributed by atoms with van der Waals surface area (Å²) in [4.78, 5) is 11.8. The van der Waals surface area contributed by atoms with Crippen molar-refractivity contribution in [3.8, 4) is 0 Å². The van der Waals surface area contributed by atoms with Crippen molar-refractivity contribution >= 4 is 27.5 Å². The zero-order valence-electron chi connectivity index (χ0n) is 12.5. The quantitative estimate of drug-likeness (QED) is 0.533. The molecule has 0 aliphatic carbocycles. The minimum Gasteiger partial charge on any atom is -0.391 e. The van der Waals surface area contributed by atoms with Gasteiger partial charge in [0.2, 0.25) is 15.9 Å². The third kappa shape index (κ3) is 5.43. The number of carbonyl (C=O) groups excluding carboxylic acids is 1. The predicted molar refractivity (Wildman–Crippen MR) is 86.6 cm³/mol. The van der Waals surface area contributed by atoms with Gasteiger partial charge in [-0.15, -0.1) is 0 Å². The van der Waals surface area contributed by atoms with E-state index in [1.807, 2.05) is 0 Å². The molecule has 7 nitrogen and oxygen atoms in total. The lowest BCUT2D eigenvalue weighted by Gasteiger charge is -2.14. The van der Waals surface area contributed by atoms with Crippen LogP contribution in [0.15, 0.2) is 29.2 Å². The third-order valence-corrected chi connectivity index (χ3v) is 5.31. The van der Waals surface area contributed by atoms with E-state index in [4.69, 9.17) is 11.6 Å². The van der Waals surface area contributed by atoms with Gasteiger partial charge < -0.3 is 15.7 Å². The first kappa shape index (κ1) is 18.2. The van der Waals surface area contributed by atoms with Gasteiger partial charge in [0, 0.05) is 43.5 Å². The summed E-state index contributed by atoms with van der Waals surface area (Å²) in [5.41, 5.74) is 0. The minimum atomic E-state index is -3.68. The number of benzene rings is 1. The van der Waals surface area contributed by atoms with Gasteiger partial charge in [-0.25, -0.2) is 13.1 Å². The summed E-state index contributed by atoms with van der Waals surface area (Å²) in [5.74, 6) is -0.278. The fourth-order valence-electron chi connectivity index (χ4n) is 2.28. The Kier molecular flexibility index (Phi) is 6.37. The zero-order valence-corrected chi connectivity index (χ0v) is 14.0. The van der Waals surface area contributed by atoms with Crippen LogP contribution in [-0.2, 0) is 14.8 Å². The van der Waals surface area contributed by atoms with Gasteiger partial charge in [0.05, 0.1) is 11.0 Å². The monoisotopic (exact) mass is 361 g/mol. The van der Waals surface area contributed by atoms with E-state index in [0.29, 0.717) is 24.7 Å². The Hall–Kier alpha value is -1.19. The van der Waals surface area contributed by atoms with Crippen molar-refractivity contribution in [2.75, 3.05) is 26.2 Å². The first-order valence-corrected chi connectivity index (χ1v) is 9.15. The Bertz CT molecular complexity index is 653. The number of hydrogen-bond acceptors (Lipinski definition) is 5. The standard InChI is InChI=1S/C14H20ClN3O4S/c15-11-2-1-3-12(6-11)23(21,22)18-5-4-14(20)17-8-10-7-16-9-13(10)19/h1-3,6,10,13,16,18-19H,4-5,7-9H2,(H,17,20). The van der Waals surface area contributed by atoms with Gasteiger partial charge in [0.15, 0.2) is 0 Å². The molecule has 2 rings (SSSR count). The molecule has 1 amide bonds. The second kappa shape index (κ2) is 8.07. The molecule has 23 heavy (non-hydrogen) atoms. The summed E-state index contributed by atoms with van der Waals surface area (Å²) >= 11 is 5.77. The molecule has 2 unspecified atom stereocenters. The lowest BCUT2D eigenvalue weighted by molar-refractivity contribution is -0.121. The average molecular weight is 362 g/mol. The summed E-state index contributed by atoms with van der Waals surface area (Å²) in [7, 11) is -3.68. The van der Waals surface area contributed by atoms with E-state index in [1.54, 1.807) is 12.1 Å². The van der Waals surface area contributed by atoms with Gasteiger partial charge in [0.25, 0.3) is 0 Å². The highest BCUT2D eigenvalue weighted by molar-refractivity contribution is 7.89. The number of hydrogen-bond donors (Lipinski definition) is 4. The highest BCUT2D eigenvalue weighted by atomic mass is 35.5. The number of halogens is 1. The molecule has 0 spiro atoms. The van der Waals surface area contributed by atoms with Gasteiger partial charge in [-0.2, -0.15) is 0 Å². The molecule has 1 saturated heterocycles. The molecule has 1 aromatic carbocycles. The maximum atomic E-state index is 12.0. The number of aliphatic hydroxyl groups is 1. The van der Waals surface area contributed by atoms with E-state index in [-0.39, 0.29) is 29.7 Å². The van der Waals surface area contributed by atoms with Gasteiger partial charge >= 0.3 is 0 Å². The first-order chi connectivity index (χ1) is 10.9. The summed E-state index contributed by atoms with van der Waals surface area (Å²) in [6.45, 7) is 1.54. The van der Waals surface area contributed by atoms with Crippen molar-refractivity contribution in [2.45, 2.75) is 17.4 Å². The largest absolute Gasteiger partial charge is 0.391 e. The summed E-state index contributed by atoms with van der Waals surface area (Å²) in [6, 6.07) is 5.91. The van der Waals surface area contributed by atoms with Crippen LogP contribution in [0.4, 0.5) is 0 Å². The van der Waals surface area contributed by atoms with Crippen LogP contribution in [0, 0.1) is 5.92 Å². The van der Waals surface area contributed by atoms with Gasteiger partial charge in [-0.1, -0.05) is 17.7 Å². The Balaban J connectivity index is 1.74. The van der Waals surface area contributed by atoms with E-state index < -0.39 is 16.1 Å². The number of carbonyl (C=O) groups is 1. The molecule has 1 fully saturated rings. The van der Waals surface area contributed by atoms with E-state index in [0.717, 1.165) is 0 Å². The van der Waals surface area contributed by atoms with E-state index >= 15 is 0 Å². The number of β-amino-alcohol motifs (C(OH)–C–C–N with tert-alkyl or cyclic N) is 1. The van der Waals surface area contributed by atoms with E-state index in [1.165, 1.54) is 12.1 Å². The Labute approximate surface area is 140 Å². The number of rotatable bonds is 7. The summed E-state index contributed by atoms with van der Waals surface area (Å²) in [6.07, 6.45) is -0.438. The minimum absolute atomic E-state index is 0.00779. The molecule has 4 N–H and O–H groups in total. The van der Waals surface area contributed by atoms with E-state index in [9.17, 15) is 18.3 Å². The Morgan fingerprint density at radius 2 is 2.17 bits per heavy atom. The zero-order chi connectivity index (χ0) is 16.9. The highest BCUT2D eigenvalue weighted by Gasteiger charge is 2.25. The van der Waals surface area contributed by atoms with Gasteiger partial charge in [-0.3, -0.25) is 4.79 Å². The normalized spacial score (nSPS) is 21.3. The van der Waals surface area contributed by atoms with E-state index in [2.05, 4.69) is 15.4 Å². The second-order valence-corrected chi connectivity index (χ2v) is 7.60. The molecule has 128 valence electrons. The SMILES string of the molecule is O=C(CCNS(=O)(=O)c1cccc(Cl)c1)NCC1CNCC1O. The lowest BCUT2D eigenvalue weighted by Crippen LogP contribution is -2.36. The predicted octanol–water partition coefficient (Wildman–Crippen LogP) is -0.295. The summed E-state index contributed by atoms with van der Waals surface area (Å²) in [5, 5.41) is 15.7. The molecule has 1 aromatic rings. The van der Waals surface area contributed by atoms with Crippen LogP contribution < -0.4 is 15.4 Å². The Morgan fingerprint density at radius 3 is 2.83 bits per heavy atom. The maximum absolute atomic E-state index is 12.0. The molecule has 0 saturated carbocycles. The van der Waals surface area contributed by atoms with Crippen molar-refractivity contribution in [3.63, 3.8) is 0 Å². The van der Waals surface area contributed by atoms with Crippen molar-refractivity contribution < 1.29 is 18.3 Å². The molecule has 0 bridgehead atoms. The molecular formula is C14H20ClN3O4S. The molecule has 9 heteroatoms. The van der Waals surface area contributed by atoms with Crippen LogP contribution in [0.2, 0.25) is 5.02 Å². The molecule has 1 heterocycles. The van der Waals surface area contributed by atoms with Gasteiger partial charge in [-0.05, 0) is 18.2 Å². The molecular weight excluding hydrogens is 342 g/mol. The molecule has 0 radical (unpaired) electrons. The van der Waals surface area contributed by atoms with Crippen molar-refractivity contribution in [2.24, 2.45) is 5.92 Å². The third-order valence-electron chi connectivity index (χ3n) is 3.62. The molecule has 1 aliphatic heterocycles. The van der Waals surface area contributed by atoms with Gasteiger partial charge in [0.1, 0.15) is 0 Å². The maximum Gasteiger partial charge on any atom is 0.240 e. The molecule has 1 aliphatic rings. The second-order valence-electron chi connectivity index (χ2n) is 5.39. The molecule has 2 atom stereocenters. The highest BCUT2D eigenvalue weighted by Crippen LogP contribution is 2.15. The van der Waals surface area contributed by atoms with Crippen LogP contribution >= 0.6 is 11.6 Å². The average Bonchev–Trinajstić information content (AvgIpc) is 2.90. The van der Waals surface area contributed by atoms with Crippen LogP contribution in [0.3, 0.4) is 0 Å². The smallest absolute Gasteiger partial charge is 0.240 e. The first-order valence-electron chi connectivity index (χ1n) is 7.29. The lowest BCUT2D eigenvalue weighted by atomic mass is 10.1. The van der Waals surface area contributed by atoms with Crippen LogP contribution in [0.5, 0.6) is 0 Å². The van der Waals surface area contributed by atoms with Crippen molar-refractivity contribution in [1.82, 2.24) is 15.4 Å². The fourth-order valence-corrected chi connectivity index (χ4v) is 3.61. The number of sulfonamides is 1. The van der Waals surface area contributed by atoms with Crippen molar-refractivity contribution in [1.29, 1.82) is 0 Å². The molecule has 0 aromatic heterocycles. The number of nitrogens with one attached hydrogen (secondary N) is 3. The van der Waals surface area contributed by atoms with Crippen molar-refractivity contribution in [3.05, 3.63) is 29.3 Å². The Morgan fingerprint density at radius 1 is 1.39 bits per heavy atom. The van der Waals surface area contributed by atoms with Crippen LogP contribution in [0.25, 0.3) is 0 Å².